The monoisotopic (exact) mass is 474 g/mol. The summed E-state index contributed by atoms with van der Waals surface area (Å²) in [5.41, 5.74) is 1.64. The van der Waals surface area contributed by atoms with Crippen molar-refractivity contribution in [2.24, 2.45) is 0 Å². The average molecular weight is 475 g/mol. The highest BCUT2D eigenvalue weighted by atomic mass is 35.5. The first-order chi connectivity index (χ1) is 15.4. The van der Waals surface area contributed by atoms with Crippen molar-refractivity contribution in [3.8, 4) is 11.5 Å². The van der Waals surface area contributed by atoms with E-state index in [2.05, 4.69) is 10.3 Å². The van der Waals surface area contributed by atoms with Gasteiger partial charge in [0.2, 0.25) is 0 Å². The molecule has 1 heterocycles. The molecule has 1 aromatic heterocycles. The molecule has 0 aliphatic heterocycles. The van der Waals surface area contributed by atoms with E-state index in [1.165, 1.54) is 6.20 Å². The number of rotatable bonds is 9. The molecule has 2 aromatic carbocycles. The molecule has 166 valence electrons. The maximum atomic E-state index is 12.0. The highest BCUT2D eigenvalue weighted by Crippen LogP contribution is 2.28. The molecule has 3 aromatic rings. The van der Waals surface area contributed by atoms with E-state index in [1.807, 2.05) is 30.3 Å². The lowest BCUT2D eigenvalue weighted by Gasteiger charge is -2.10. The summed E-state index contributed by atoms with van der Waals surface area (Å²) in [4.78, 5) is 27.8. The van der Waals surface area contributed by atoms with E-state index in [4.69, 9.17) is 37.4 Å². The Morgan fingerprint density at radius 3 is 2.28 bits per heavy atom. The molecule has 32 heavy (non-hydrogen) atoms. The Bertz CT molecular complexity index is 1080. The second-order valence-electron chi connectivity index (χ2n) is 6.64. The van der Waals surface area contributed by atoms with Gasteiger partial charge in [-0.1, -0.05) is 53.5 Å². The Morgan fingerprint density at radius 1 is 0.938 bits per heavy atom. The first-order valence-electron chi connectivity index (χ1n) is 9.58. The van der Waals surface area contributed by atoms with Crippen LogP contribution < -0.4 is 14.8 Å². The van der Waals surface area contributed by atoms with Gasteiger partial charge in [0.1, 0.15) is 18.1 Å². The number of hydrogen-bond donors (Lipinski definition) is 1. The summed E-state index contributed by atoms with van der Waals surface area (Å²) >= 11 is 12.0. The molecule has 1 amide bonds. The third-order valence-electron chi connectivity index (χ3n) is 4.25. The van der Waals surface area contributed by atoms with Gasteiger partial charge in [0.05, 0.1) is 10.0 Å². The fourth-order valence-electron chi connectivity index (χ4n) is 2.52. The van der Waals surface area contributed by atoms with Gasteiger partial charge >= 0.3 is 5.97 Å². The first-order valence-corrected chi connectivity index (χ1v) is 10.3. The largest absolute Gasteiger partial charge is 0.489 e. The number of ether oxygens (including phenoxy) is 3. The highest BCUT2D eigenvalue weighted by molar-refractivity contribution is 6.37. The Balaban J connectivity index is 1.39. The summed E-state index contributed by atoms with van der Waals surface area (Å²) in [5.74, 6) is -0.0121. The number of nitrogens with zero attached hydrogens (tertiary/aromatic N) is 1. The molecule has 0 bridgehead atoms. The Hall–Kier alpha value is -3.29. The lowest BCUT2D eigenvalue weighted by molar-refractivity contribution is -0.149. The zero-order chi connectivity index (χ0) is 22.9. The minimum absolute atomic E-state index is 0.139. The normalized spacial score (nSPS) is 10.3. The topological polar surface area (TPSA) is 86.8 Å². The maximum Gasteiger partial charge on any atom is 0.344 e. The number of nitrogens with one attached hydrogen (secondary N) is 1. The summed E-state index contributed by atoms with van der Waals surface area (Å²) in [7, 11) is 0. The minimum Gasteiger partial charge on any atom is -0.489 e. The van der Waals surface area contributed by atoms with Crippen molar-refractivity contribution < 1.29 is 23.8 Å². The van der Waals surface area contributed by atoms with Crippen molar-refractivity contribution in [1.29, 1.82) is 0 Å². The summed E-state index contributed by atoms with van der Waals surface area (Å²) < 4.78 is 16.0. The van der Waals surface area contributed by atoms with E-state index in [0.717, 1.165) is 5.56 Å². The van der Waals surface area contributed by atoms with Gasteiger partial charge in [0.15, 0.2) is 19.0 Å². The average Bonchev–Trinajstić information content (AvgIpc) is 2.82. The molecular weight excluding hydrogens is 455 g/mol. The second kappa shape index (κ2) is 11.4. The van der Waals surface area contributed by atoms with E-state index in [9.17, 15) is 9.59 Å². The molecule has 0 unspecified atom stereocenters. The number of anilines is 1. The van der Waals surface area contributed by atoms with Crippen LogP contribution in [0.3, 0.4) is 0 Å². The molecule has 0 fully saturated rings. The Labute approximate surface area is 195 Å². The number of benzene rings is 2. The van der Waals surface area contributed by atoms with Crippen LogP contribution in [0.2, 0.25) is 10.0 Å². The standard InChI is InChI=1S/C23H20Cl2N2O5/c1-15-19(24)11-26-23(22(15)25)27-20(28)13-32-21(29)14-31-18-9-7-17(8-10-18)30-12-16-5-3-2-4-6-16/h2-11H,12-14H2,1H3,(H,26,27,28). The SMILES string of the molecule is Cc1c(Cl)cnc(NC(=O)COC(=O)COc2ccc(OCc3ccccc3)cc2)c1Cl. The quantitative estimate of drug-likeness (QED) is 0.446. The maximum absolute atomic E-state index is 12.0. The molecular formula is C23H20Cl2N2O5. The molecule has 7 nitrogen and oxygen atoms in total. The van der Waals surface area contributed by atoms with E-state index >= 15 is 0 Å². The van der Waals surface area contributed by atoms with Gasteiger partial charge in [-0.25, -0.2) is 9.78 Å². The van der Waals surface area contributed by atoms with Crippen molar-refractivity contribution in [3.63, 3.8) is 0 Å². The van der Waals surface area contributed by atoms with Gasteiger partial charge in [-0.2, -0.15) is 0 Å². The number of hydrogen-bond acceptors (Lipinski definition) is 6. The molecule has 0 atom stereocenters. The van der Waals surface area contributed by atoms with Crippen LogP contribution in [0.1, 0.15) is 11.1 Å². The van der Waals surface area contributed by atoms with Gasteiger partial charge in [-0.3, -0.25) is 4.79 Å². The zero-order valence-corrected chi connectivity index (χ0v) is 18.7. The predicted octanol–water partition coefficient (Wildman–Crippen LogP) is 4.84. The number of pyridine rings is 1. The van der Waals surface area contributed by atoms with Crippen molar-refractivity contribution in [2.75, 3.05) is 18.5 Å². The summed E-state index contributed by atoms with van der Waals surface area (Å²) in [5, 5.41) is 3.07. The van der Waals surface area contributed by atoms with E-state index in [-0.39, 0.29) is 17.4 Å². The summed E-state index contributed by atoms with van der Waals surface area (Å²) in [6.45, 7) is 1.29. The third kappa shape index (κ3) is 6.87. The van der Waals surface area contributed by atoms with Crippen LogP contribution in [0.25, 0.3) is 0 Å². The van der Waals surface area contributed by atoms with Crippen molar-refractivity contribution in [3.05, 3.63) is 82.0 Å². The molecule has 0 aliphatic carbocycles. The number of halogens is 2. The van der Waals surface area contributed by atoms with Crippen LogP contribution in [0.5, 0.6) is 11.5 Å². The lowest BCUT2D eigenvalue weighted by atomic mass is 10.2. The Kier molecular flexibility index (Phi) is 8.30. The van der Waals surface area contributed by atoms with Gasteiger partial charge in [-0.15, -0.1) is 0 Å². The zero-order valence-electron chi connectivity index (χ0n) is 17.1. The van der Waals surface area contributed by atoms with Crippen LogP contribution in [0.15, 0.2) is 60.8 Å². The molecule has 1 N–H and O–H groups in total. The van der Waals surface area contributed by atoms with Crippen LogP contribution >= 0.6 is 23.2 Å². The third-order valence-corrected chi connectivity index (χ3v) is 5.10. The van der Waals surface area contributed by atoms with E-state index < -0.39 is 18.5 Å². The number of carbonyl (C=O) groups is 2. The van der Waals surface area contributed by atoms with Crippen LogP contribution in [-0.4, -0.2) is 30.1 Å². The minimum atomic E-state index is -0.698. The lowest BCUT2D eigenvalue weighted by Crippen LogP contribution is -2.24. The summed E-state index contributed by atoms with van der Waals surface area (Å²) in [6.07, 6.45) is 1.37. The van der Waals surface area contributed by atoms with Crippen LogP contribution in [-0.2, 0) is 20.9 Å². The van der Waals surface area contributed by atoms with E-state index in [1.54, 1.807) is 31.2 Å². The molecule has 0 aliphatic rings. The predicted molar refractivity (Wildman–Crippen MR) is 121 cm³/mol. The van der Waals surface area contributed by atoms with Crippen molar-refractivity contribution in [2.45, 2.75) is 13.5 Å². The van der Waals surface area contributed by atoms with Gasteiger partial charge < -0.3 is 19.5 Å². The fourth-order valence-corrected chi connectivity index (χ4v) is 2.90. The molecule has 0 radical (unpaired) electrons. The Morgan fingerprint density at radius 2 is 1.59 bits per heavy atom. The van der Waals surface area contributed by atoms with Crippen LogP contribution in [0, 0.1) is 6.92 Å². The fraction of sp³-hybridized carbons (Fsp3) is 0.174. The van der Waals surface area contributed by atoms with Crippen LogP contribution in [0.4, 0.5) is 5.82 Å². The van der Waals surface area contributed by atoms with Gasteiger partial charge in [0, 0.05) is 6.20 Å². The number of esters is 1. The first kappa shape index (κ1) is 23.4. The van der Waals surface area contributed by atoms with E-state index in [0.29, 0.717) is 28.7 Å². The molecule has 0 saturated carbocycles. The smallest absolute Gasteiger partial charge is 0.344 e. The number of aromatic nitrogens is 1. The highest BCUT2D eigenvalue weighted by Gasteiger charge is 2.13. The molecule has 3 rings (SSSR count). The number of amides is 1. The van der Waals surface area contributed by atoms with Gasteiger partial charge in [-0.05, 0) is 42.3 Å². The van der Waals surface area contributed by atoms with Crippen molar-refractivity contribution >= 4 is 40.9 Å². The summed E-state index contributed by atoms with van der Waals surface area (Å²) in [6, 6.07) is 16.6. The molecule has 0 saturated heterocycles. The molecule has 9 heteroatoms. The van der Waals surface area contributed by atoms with Gasteiger partial charge in [0.25, 0.3) is 5.91 Å². The number of carbonyl (C=O) groups excluding carboxylic acids is 2. The second-order valence-corrected chi connectivity index (χ2v) is 7.42. The molecule has 0 spiro atoms. The van der Waals surface area contributed by atoms with Crippen molar-refractivity contribution in [1.82, 2.24) is 4.98 Å².